The zero-order valence-electron chi connectivity index (χ0n) is 10.1. The van der Waals surface area contributed by atoms with Gasteiger partial charge in [-0.1, -0.05) is 50.6 Å². The average molecular weight is 252 g/mol. The molecule has 2 heteroatoms. The Balaban J connectivity index is 2.34. The molecule has 16 heavy (non-hydrogen) atoms. The third-order valence-corrected chi connectivity index (χ3v) is 7.19. The van der Waals surface area contributed by atoms with E-state index in [0.29, 0.717) is 4.08 Å². The van der Waals surface area contributed by atoms with Crippen LogP contribution in [0.5, 0.6) is 0 Å². The molecule has 1 aliphatic rings. The van der Waals surface area contributed by atoms with Crippen molar-refractivity contribution < 1.29 is 0 Å². The van der Waals surface area contributed by atoms with E-state index in [4.69, 9.17) is 0 Å². The Morgan fingerprint density at radius 2 is 1.81 bits per heavy atom. The van der Waals surface area contributed by atoms with Gasteiger partial charge in [-0.2, -0.15) is 0 Å². The molecular weight excluding hydrogens is 232 g/mol. The molecule has 1 aromatic rings. The summed E-state index contributed by atoms with van der Waals surface area (Å²) in [5.41, 5.74) is 1.51. The highest BCUT2D eigenvalue weighted by Crippen LogP contribution is 2.55. The normalized spacial score (nSPS) is 21.6. The summed E-state index contributed by atoms with van der Waals surface area (Å²) in [5.74, 6) is 3.36. The number of thioether (sulfide) groups is 2. The minimum Gasteiger partial charge on any atom is -0.139 e. The maximum atomic E-state index is 2.40. The number of rotatable bonds is 3. The molecule has 0 nitrogen and oxygen atoms in total. The first-order valence-corrected chi connectivity index (χ1v) is 8.10. The predicted octanol–water partition coefficient (Wildman–Crippen LogP) is 4.76. The maximum absolute atomic E-state index is 2.40. The molecule has 1 aromatic carbocycles. The average Bonchev–Trinajstić information content (AvgIpc) is 2.39. The van der Waals surface area contributed by atoms with E-state index in [1.54, 1.807) is 0 Å². The van der Waals surface area contributed by atoms with E-state index in [2.05, 4.69) is 67.7 Å². The molecule has 1 fully saturated rings. The fraction of sp³-hybridized carbons (Fsp3) is 0.571. The zero-order chi connectivity index (χ0) is 11.4. The first kappa shape index (κ1) is 12.4. The molecule has 0 saturated carbocycles. The topological polar surface area (TPSA) is 0 Å². The Hall–Kier alpha value is -0.0800. The van der Waals surface area contributed by atoms with Crippen molar-refractivity contribution in [3.8, 4) is 0 Å². The molecule has 0 N–H and O–H groups in total. The molecule has 88 valence electrons. The minimum atomic E-state index is 0.314. The van der Waals surface area contributed by atoms with Crippen molar-refractivity contribution in [1.82, 2.24) is 0 Å². The lowest BCUT2D eigenvalue weighted by molar-refractivity contribution is 0.514. The highest BCUT2D eigenvalue weighted by molar-refractivity contribution is 8.18. The van der Waals surface area contributed by atoms with Crippen LogP contribution in [0, 0.1) is 5.92 Å². The van der Waals surface area contributed by atoms with Gasteiger partial charge in [0.1, 0.15) is 0 Å². The highest BCUT2D eigenvalue weighted by Gasteiger charge is 2.39. The molecular formula is C14H20S2. The van der Waals surface area contributed by atoms with Gasteiger partial charge in [0.05, 0.1) is 4.08 Å². The summed E-state index contributed by atoms with van der Waals surface area (Å²) in [6.45, 7) is 4.71. The summed E-state index contributed by atoms with van der Waals surface area (Å²) < 4.78 is 0.314. The molecule has 1 aliphatic heterocycles. The Bertz CT molecular complexity index is 315. The van der Waals surface area contributed by atoms with Crippen LogP contribution in [0.4, 0.5) is 0 Å². The molecule has 0 amide bonds. The summed E-state index contributed by atoms with van der Waals surface area (Å²) in [6.07, 6.45) is 2.62. The van der Waals surface area contributed by atoms with Crippen molar-refractivity contribution >= 4 is 23.5 Å². The molecule has 0 aromatic heterocycles. The third-order valence-electron chi connectivity index (χ3n) is 3.36. The smallest absolute Gasteiger partial charge is 0.0885 e. The van der Waals surface area contributed by atoms with E-state index in [1.807, 2.05) is 0 Å². The van der Waals surface area contributed by atoms with Gasteiger partial charge in [0, 0.05) is 0 Å². The summed E-state index contributed by atoms with van der Waals surface area (Å²) >= 11 is 4.32. The summed E-state index contributed by atoms with van der Waals surface area (Å²) in [5, 5.41) is 0. The Morgan fingerprint density at radius 1 is 1.19 bits per heavy atom. The van der Waals surface area contributed by atoms with Gasteiger partial charge in [0.2, 0.25) is 0 Å². The van der Waals surface area contributed by atoms with Crippen LogP contribution < -0.4 is 0 Å². The van der Waals surface area contributed by atoms with E-state index >= 15 is 0 Å². The quantitative estimate of drug-likeness (QED) is 0.761. The lowest BCUT2D eigenvalue weighted by Gasteiger charge is -2.41. The molecule has 0 aliphatic carbocycles. The third kappa shape index (κ3) is 2.28. The van der Waals surface area contributed by atoms with Gasteiger partial charge in [-0.15, -0.1) is 23.5 Å². The second-order valence-electron chi connectivity index (χ2n) is 4.39. The second-order valence-corrected chi connectivity index (χ2v) is 7.33. The van der Waals surface area contributed by atoms with Crippen LogP contribution in [0.1, 0.15) is 32.3 Å². The zero-order valence-corrected chi connectivity index (χ0v) is 11.7. The van der Waals surface area contributed by atoms with Gasteiger partial charge in [-0.25, -0.2) is 0 Å². The van der Waals surface area contributed by atoms with Gasteiger partial charge in [-0.3, -0.25) is 0 Å². The molecule has 1 atom stereocenters. The summed E-state index contributed by atoms with van der Waals surface area (Å²) in [7, 11) is 0. The largest absolute Gasteiger partial charge is 0.139 e. The van der Waals surface area contributed by atoms with Crippen LogP contribution in [0.3, 0.4) is 0 Å². The molecule has 0 spiro atoms. The van der Waals surface area contributed by atoms with E-state index in [9.17, 15) is 0 Å². The van der Waals surface area contributed by atoms with Gasteiger partial charge >= 0.3 is 0 Å². The van der Waals surface area contributed by atoms with Crippen LogP contribution in [-0.4, -0.2) is 11.5 Å². The second kappa shape index (κ2) is 5.50. The van der Waals surface area contributed by atoms with Crippen LogP contribution in [0.2, 0.25) is 0 Å². The van der Waals surface area contributed by atoms with Crippen molar-refractivity contribution in [3.63, 3.8) is 0 Å². The summed E-state index contributed by atoms with van der Waals surface area (Å²) in [6, 6.07) is 11.1. The first-order valence-electron chi connectivity index (χ1n) is 6.13. The monoisotopic (exact) mass is 252 g/mol. The Kier molecular flexibility index (Phi) is 4.26. The van der Waals surface area contributed by atoms with E-state index in [1.165, 1.54) is 29.9 Å². The van der Waals surface area contributed by atoms with E-state index < -0.39 is 0 Å². The minimum absolute atomic E-state index is 0.314. The van der Waals surface area contributed by atoms with Crippen LogP contribution in [0.25, 0.3) is 0 Å². The predicted molar refractivity (Wildman–Crippen MR) is 77.1 cm³/mol. The Morgan fingerprint density at radius 3 is 2.38 bits per heavy atom. The number of hydrogen-bond donors (Lipinski definition) is 0. The molecule has 0 radical (unpaired) electrons. The molecule has 0 bridgehead atoms. The van der Waals surface area contributed by atoms with Crippen molar-refractivity contribution in [2.24, 2.45) is 5.92 Å². The number of hydrogen-bond acceptors (Lipinski definition) is 2. The highest BCUT2D eigenvalue weighted by atomic mass is 32.2. The van der Waals surface area contributed by atoms with Crippen LogP contribution in [0.15, 0.2) is 30.3 Å². The van der Waals surface area contributed by atoms with Gasteiger partial charge in [-0.05, 0) is 29.4 Å². The van der Waals surface area contributed by atoms with Gasteiger partial charge < -0.3 is 0 Å². The van der Waals surface area contributed by atoms with Gasteiger partial charge in [0.15, 0.2) is 0 Å². The summed E-state index contributed by atoms with van der Waals surface area (Å²) in [4.78, 5) is 0. The first-order chi connectivity index (χ1) is 7.79. The van der Waals surface area contributed by atoms with Crippen molar-refractivity contribution in [1.29, 1.82) is 0 Å². The fourth-order valence-corrected chi connectivity index (χ4v) is 5.93. The molecule has 0 unspecified atom stereocenters. The lowest BCUT2D eigenvalue weighted by Crippen LogP contribution is -2.29. The fourth-order valence-electron chi connectivity index (χ4n) is 2.22. The van der Waals surface area contributed by atoms with Crippen molar-refractivity contribution in [3.05, 3.63) is 35.9 Å². The van der Waals surface area contributed by atoms with E-state index in [-0.39, 0.29) is 0 Å². The standard InChI is InChI=1S/C14H20S2/c1-3-12(2)14(15-10-7-11-16-14)13-8-5-4-6-9-13/h4-6,8-9,12H,3,7,10-11H2,1-2H3/t12-/m0/s1. The molecule has 1 heterocycles. The maximum Gasteiger partial charge on any atom is 0.0885 e. The van der Waals surface area contributed by atoms with Crippen LogP contribution >= 0.6 is 23.5 Å². The molecule has 1 saturated heterocycles. The Labute approximate surface area is 108 Å². The number of benzene rings is 1. The van der Waals surface area contributed by atoms with Crippen LogP contribution in [-0.2, 0) is 4.08 Å². The lowest BCUT2D eigenvalue weighted by atomic mass is 9.97. The van der Waals surface area contributed by atoms with E-state index in [0.717, 1.165) is 5.92 Å². The van der Waals surface area contributed by atoms with Gasteiger partial charge in [0.25, 0.3) is 0 Å². The van der Waals surface area contributed by atoms with Crippen molar-refractivity contribution in [2.75, 3.05) is 11.5 Å². The van der Waals surface area contributed by atoms with Crippen molar-refractivity contribution in [2.45, 2.75) is 30.8 Å². The SMILES string of the molecule is CC[C@H](C)C1(c2ccccc2)SCCCS1. The molecule has 2 rings (SSSR count).